The molecule has 3 aromatic rings. The van der Waals surface area contributed by atoms with Crippen LogP contribution in [0.1, 0.15) is 31.7 Å². The minimum Gasteiger partial charge on any atom is -0.497 e. The largest absolute Gasteiger partial charge is 0.497 e. The predicted molar refractivity (Wildman–Crippen MR) is 140 cm³/mol. The first-order valence-corrected chi connectivity index (χ1v) is 12.3. The van der Waals surface area contributed by atoms with E-state index in [-0.39, 0.29) is 11.8 Å². The van der Waals surface area contributed by atoms with Crippen LogP contribution < -0.4 is 24.4 Å². The first kappa shape index (κ1) is 25.1. The highest BCUT2D eigenvalue weighted by molar-refractivity contribution is 6.01. The number of ether oxygens (including phenoxy) is 3. The molecule has 0 aromatic heterocycles. The third-order valence-corrected chi connectivity index (χ3v) is 6.02. The molecule has 2 amide bonds. The quantitative estimate of drug-likeness (QED) is 0.374. The SMILES string of the molecule is COc1ccc(OCCCC(=O)Nc2ccc3c(c2)N(CCCc2ccccc2)C(=O)C(C)O3)cc1. The van der Waals surface area contributed by atoms with Gasteiger partial charge in [0.05, 0.1) is 19.4 Å². The maximum absolute atomic E-state index is 12.9. The summed E-state index contributed by atoms with van der Waals surface area (Å²) in [6, 6.07) is 23.0. The minimum absolute atomic E-state index is 0.0743. The molecule has 0 radical (unpaired) electrons. The number of fused-ring (bicyclic) bond motifs is 1. The van der Waals surface area contributed by atoms with Crippen molar-refractivity contribution in [2.24, 2.45) is 0 Å². The Hall–Kier alpha value is -4.00. The molecule has 1 aliphatic rings. The number of hydrogen-bond donors (Lipinski definition) is 1. The Bertz CT molecular complexity index is 1160. The second-order valence-electron chi connectivity index (χ2n) is 8.70. The summed E-state index contributed by atoms with van der Waals surface area (Å²) in [4.78, 5) is 27.2. The Kier molecular flexibility index (Phi) is 8.44. The highest BCUT2D eigenvalue weighted by Gasteiger charge is 2.31. The number of benzene rings is 3. The molecule has 1 unspecified atom stereocenters. The van der Waals surface area contributed by atoms with E-state index in [4.69, 9.17) is 14.2 Å². The summed E-state index contributed by atoms with van der Waals surface area (Å²) in [5, 5.41) is 2.93. The summed E-state index contributed by atoms with van der Waals surface area (Å²) in [5.41, 5.74) is 2.56. The van der Waals surface area contributed by atoms with Gasteiger partial charge in [-0.05, 0) is 74.2 Å². The van der Waals surface area contributed by atoms with E-state index in [0.717, 1.165) is 24.3 Å². The van der Waals surface area contributed by atoms with Gasteiger partial charge in [-0.1, -0.05) is 30.3 Å². The summed E-state index contributed by atoms with van der Waals surface area (Å²) in [6.07, 6.45) is 2.06. The number of nitrogens with one attached hydrogen (secondary N) is 1. The lowest BCUT2D eigenvalue weighted by Gasteiger charge is -2.33. The van der Waals surface area contributed by atoms with E-state index in [0.29, 0.717) is 43.1 Å². The van der Waals surface area contributed by atoms with E-state index >= 15 is 0 Å². The van der Waals surface area contributed by atoms with Crippen LogP contribution in [0.25, 0.3) is 0 Å². The van der Waals surface area contributed by atoms with Crippen molar-refractivity contribution < 1.29 is 23.8 Å². The molecular weight excluding hydrogens is 456 g/mol. The maximum atomic E-state index is 12.9. The monoisotopic (exact) mass is 488 g/mol. The van der Waals surface area contributed by atoms with Crippen molar-refractivity contribution in [3.05, 3.63) is 78.4 Å². The zero-order valence-corrected chi connectivity index (χ0v) is 20.7. The summed E-state index contributed by atoms with van der Waals surface area (Å²) in [5.74, 6) is 1.96. The van der Waals surface area contributed by atoms with Gasteiger partial charge in [0.2, 0.25) is 5.91 Å². The number of anilines is 2. The van der Waals surface area contributed by atoms with Gasteiger partial charge in [0.1, 0.15) is 17.2 Å². The molecule has 1 atom stereocenters. The van der Waals surface area contributed by atoms with Crippen LogP contribution in [0.2, 0.25) is 0 Å². The fourth-order valence-corrected chi connectivity index (χ4v) is 4.12. The highest BCUT2D eigenvalue weighted by atomic mass is 16.5. The number of aryl methyl sites for hydroxylation is 1. The number of amides is 2. The number of methoxy groups -OCH3 is 1. The van der Waals surface area contributed by atoms with Crippen molar-refractivity contribution in [3.63, 3.8) is 0 Å². The molecule has 0 saturated carbocycles. The molecule has 0 bridgehead atoms. The normalized spacial score (nSPS) is 14.6. The third-order valence-electron chi connectivity index (χ3n) is 6.02. The molecule has 0 saturated heterocycles. The molecule has 0 aliphatic carbocycles. The van der Waals surface area contributed by atoms with Crippen molar-refractivity contribution in [2.45, 2.75) is 38.7 Å². The molecule has 1 N–H and O–H groups in total. The average molecular weight is 489 g/mol. The van der Waals surface area contributed by atoms with E-state index in [2.05, 4.69) is 17.4 Å². The molecule has 0 fully saturated rings. The minimum atomic E-state index is -0.541. The second kappa shape index (κ2) is 12.1. The molecule has 1 aliphatic heterocycles. The van der Waals surface area contributed by atoms with Gasteiger partial charge >= 0.3 is 0 Å². The van der Waals surface area contributed by atoms with Crippen molar-refractivity contribution in [3.8, 4) is 17.2 Å². The predicted octanol–water partition coefficient (Wildman–Crippen LogP) is 5.24. The number of carbonyl (C=O) groups is 2. The lowest BCUT2D eigenvalue weighted by atomic mass is 10.1. The third kappa shape index (κ3) is 6.56. The van der Waals surface area contributed by atoms with E-state index in [1.54, 1.807) is 25.0 Å². The van der Waals surface area contributed by atoms with Gasteiger partial charge in [0.15, 0.2) is 6.10 Å². The molecule has 3 aromatic carbocycles. The molecular formula is C29H32N2O5. The standard InChI is InChI=1S/C29H32N2O5/c1-21-29(33)31(18-6-10-22-8-4-3-5-9-22)26-20-23(12-17-27(26)36-21)30-28(32)11-7-19-35-25-15-13-24(34-2)14-16-25/h3-5,8-9,12-17,20-21H,6-7,10-11,18-19H2,1-2H3,(H,30,32). The van der Waals surface area contributed by atoms with E-state index in [9.17, 15) is 9.59 Å². The lowest BCUT2D eigenvalue weighted by molar-refractivity contribution is -0.125. The van der Waals surface area contributed by atoms with Crippen LogP contribution in [0.15, 0.2) is 72.8 Å². The molecule has 7 nitrogen and oxygen atoms in total. The van der Waals surface area contributed by atoms with Crippen molar-refractivity contribution in [1.82, 2.24) is 0 Å². The van der Waals surface area contributed by atoms with Crippen molar-refractivity contribution >= 4 is 23.2 Å². The van der Waals surface area contributed by atoms with Crippen LogP contribution in [0, 0.1) is 0 Å². The van der Waals surface area contributed by atoms with Gasteiger partial charge in [0, 0.05) is 18.7 Å². The van der Waals surface area contributed by atoms with Crippen LogP contribution in [-0.4, -0.2) is 38.2 Å². The van der Waals surface area contributed by atoms with Crippen LogP contribution in [0.3, 0.4) is 0 Å². The second-order valence-corrected chi connectivity index (χ2v) is 8.70. The summed E-state index contributed by atoms with van der Waals surface area (Å²) < 4.78 is 16.6. The number of nitrogens with zero attached hydrogens (tertiary/aromatic N) is 1. The average Bonchev–Trinajstić information content (AvgIpc) is 2.90. The van der Waals surface area contributed by atoms with Crippen LogP contribution in [-0.2, 0) is 16.0 Å². The van der Waals surface area contributed by atoms with Crippen molar-refractivity contribution in [1.29, 1.82) is 0 Å². The smallest absolute Gasteiger partial charge is 0.267 e. The van der Waals surface area contributed by atoms with Gasteiger partial charge in [-0.25, -0.2) is 0 Å². The Morgan fingerprint density at radius 1 is 1.00 bits per heavy atom. The Morgan fingerprint density at radius 2 is 1.75 bits per heavy atom. The summed E-state index contributed by atoms with van der Waals surface area (Å²) >= 11 is 0. The van der Waals surface area contributed by atoms with E-state index < -0.39 is 6.10 Å². The number of rotatable bonds is 11. The van der Waals surface area contributed by atoms with Crippen LogP contribution in [0.4, 0.5) is 11.4 Å². The summed E-state index contributed by atoms with van der Waals surface area (Å²) in [7, 11) is 1.62. The zero-order valence-electron chi connectivity index (χ0n) is 20.7. The maximum Gasteiger partial charge on any atom is 0.267 e. The first-order valence-electron chi connectivity index (χ1n) is 12.3. The molecule has 7 heteroatoms. The van der Waals surface area contributed by atoms with Gasteiger partial charge in [0.25, 0.3) is 5.91 Å². The fraction of sp³-hybridized carbons (Fsp3) is 0.310. The summed E-state index contributed by atoms with van der Waals surface area (Å²) in [6.45, 7) is 2.77. The van der Waals surface area contributed by atoms with Crippen LogP contribution >= 0.6 is 0 Å². The topological polar surface area (TPSA) is 77.1 Å². The van der Waals surface area contributed by atoms with Gasteiger partial charge < -0.3 is 24.4 Å². The van der Waals surface area contributed by atoms with Gasteiger partial charge in [-0.3, -0.25) is 9.59 Å². The van der Waals surface area contributed by atoms with E-state index in [1.165, 1.54) is 5.56 Å². The molecule has 1 heterocycles. The van der Waals surface area contributed by atoms with Gasteiger partial charge in [-0.2, -0.15) is 0 Å². The van der Waals surface area contributed by atoms with Gasteiger partial charge in [-0.15, -0.1) is 0 Å². The number of hydrogen-bond acceptors (Lipinski definition) is 5. The first-order chi connectivity index (χ1) is 17.5. The molecule has 36 heavy (non-hydrogen) atoms. The fourth-order valence-electron chi connectivity index (χ4n) is 4.12. The Morgan fingerprint density at radius 3 is 2.50 bits per heavy atom. The Labute approximate surface area is 212 Å². The number of carbonyl (C=O) groups excluding carboxylic acids is 2. The van der Waals surface area contributed by atoms with Crippen LogP contribution in [0.5, 0.6) is 17.2 Å². The van der Waals surface area contributed by atoms with E-state index in [1.807, 2.05) is 54.6 Å². The lowest BCUT2D eigenvalue weighted by Crippen LogP contribution is -2.45. The molecule has 0 spiro atoms. The zero-order chi connectivity index (χ0) is 25.3. The Balaban J connectivity index is 1.31. The molecule has 188 valence electrons. The van der Waals surface area contributed by atoms with Crippen molar-refractivity contribution in [2.75, 3.05) is 30.5 Å². The highest BCUT2D eigenvalue weighted by Crippen LogP contribution is 2.36. The molecule has 4 rings (SSSR count).